The minimum absolute atomic E-state index is 0.280. The van der Waals surface area contributed by atoms with E-state index in [4.69, 9.17) is 4.74 Å². The quantitative estimate of drug-likeness (QED) is 0.489. The van der Waals surface area contributed by atoms with E-state index in [0.717, 1.165) is 26.6 Å². The normalized spacial score (nSPS) is 16.1. The third kappa shape index (κ3) is 3.49. The van der Waals surface area contributed by atoms with E-state index in [0.29, 0.717) is 17.2 Å². The standard InChI is InChI=1S/C18H14INO3S/c1-2-23-15-9-8-12(10-14(15)19)11-16-17(21)20(18(22)24-16)13-6-4-3-5-7-13/h3-11H,2H2,1H3/b16-11-. The second-order valence-electron chi connectivity index (χ2n) is 4.98. The third-order valence-electron chi connectivity index (χ3n) is 3.36. The number of hydrogen-bond acceptors (Lipinski definition) is 4. The molecular formula is C18H14INO3S. The lowest BCUT2D eigenvalue weighted by Crippen LogP contribution is -2.27. The van der Waals surface area contributed by atoms with Crippen LogP contribution in [0.3, 0.4) is 0 Å². The van der Waals surface area contributed by atoms with Gasteiger partial charge in [-0.25, -0.2) is 4.90 Å². The first-order chi connectivity index (χ1) is 11.6. The zero-order valence-corrected chi connectivity index (χ0v) is 15.8. The fourth-order valence-electron chi connectivity index (χ4n) is 2.30. The SMILES string of the molecule is CCOc1ccc(/C=C2\SC(=O)N(c3ccccc3)C2=O)cc1I. The van der Waals surface area contributed by atoms with E-state index in [1.54, 1.807) is 30.3 Å². The highest BCUT2D eigenvalue weighted by Gasteiger charge is 2.36. The fourth-order valence-corrected chi connectivity index (χ4v) is 3.83. The van der Waals surface area contributed by atoms with Crippen molar-refractivity contribution < 1.29 is 14.3 Å². The first-order valence-electron chi connectivity index (χ1n) is 7.35. The molecule has 2 amide bonds. The molecule has 3 rings (SSSR count). The molecule has 1 aliphatic rings. The summed E-state index contributed by atoms with van der Waals surface area (Å²) in [6.45, 7) is 2.54. The zero-order valence-electron chi connectivity index (χ0n) is 12.9. The molecule has 0 aromatic heterocycles. The Labute approximate surface area is 158 Å². The first kappa shape index (κ1) is 17.0. The lowest BCUT2D eigenvalue weighted by atomic mass is 10.2. The number of para-hydroxylation sites is 1. The van der Waals surface area contributed by atoms with Crippen LogP contribution in [0.1, 0.15) is 12.5 Å². The summed E-state index contributed by atoms with van der Waals surface area (Å²) in [6, 6.07) is 14.6. The highest BCUT2D eigenvalue weighted by Crippen LogP contribution is 2.36. The van der Waals surface area contributed by atoms with E-state index < -0.39 is 0 Å². The van der Waals surface area contributed by atoms with Gasteiger partial charge in [-0.1, -0.05) is 24.3 Å². The maximum absolute atomic E-state index is 12.6. The molecule has 0 saturated carbocycles. The van der Waals surface area contributed by atoms with Crippen LogP contribution in [0.2, 0.25) is 0 Å². The van der Waals surface area contributed by atoms with Crippen molar-refractivity contribution >= 4 is 57.3 Å². The summed E-state index contributed by atoms with van der Waals surface area (Å²) in [4.78, 5) is 26.4. The number of nitrogens with zero attached hydrogens (tertiary/aromatic N) is 1. The molecule has 1 saturated heterocycles. The monoisotopic (exact) mass is 451 g/mol. The number of benzene rings is 2. The lowest BCUT2D eigenvalue weighted by Gasteiger charge is -2.11. The van der Waals surface area contributed by atoms with Crippen LogP contribution in [0.5, 0.6) is 5.75 Å². The molecule has 4 nitrogen and oxygen atoms in total. The number of anilines is 1. The Bertz CT molecular complexity index is 820. The second kappa shape index (κ2) is 7.40. The van der Waals surface area contributed by atoms with Gasteiger partial charge in [-0.15, -0.1) is 0 Å². The Hall–Kier alpha value is -1.80. The van der Waals surface area contributed by atoms with Crippen molar-refractivity contribution in [2.75, 3.05) is 11.5 Å². The molecule has 2 aromatic rings. The number of carbonyl (C=O) groups is 2. The van der Waals surface area contributed by atoms with Crippen LogP contribution in [0.15, 0.2) is 53.4 Å². The Morgan fingerprint density at radius 3 is 2.58 bits per heavy atom. The third-order valence-corrected chi connectivity index (χ3v) is 5.07. The molecule has 6 heteroatoms. The van der Waals surface area contributed by atoms with Crippen LogP contribution < -0.4 is 9.64 Å². The molecule has 122 valence electrons. The molecule has 0 N–H and O–H groups in total. The summed E-state index contributed by atoms with van der Waals surface area (Å²) < 4.78 is 6.48. The zero-order chi connectivity index (χ0) is 17.1. The molecule has 0 bridgehead atoms. The van der Waals surface area contributed by atoms with Gasteiger partial charge in [0.15, 0.2) is 0 Å². The van der Waals surface area contributed by atoms with Gasteiger partial charge < -0.3 is 4.74 Å². The van der Waals surface area contributed by atoms with Gasteiger partial charge in [-0.05, 0) is 77.2 Å². The molecule has 24 heavy (non-hydrogen) atoms. The van der Waals surface area contributed by atoms with E-state index in [9.17, 15) is 9.59 Å². The smallest absolute Gasteiger partial charge is 0.298 e. The fraction of sp³-hybridized carbons (Fsp3) is 0.111. The van der Waals surface area contributed by atoms with Crippen LogP contribution >= 0.6 is 34.4 Å². The van der Waals surface area contributed by atoms with Gasteiger partial charge in [0, 0.05) is 0 Å². The first-order valence-corrected chi connectivity index (χ1v) is 9.25. The van der Waals surface area contributed by atoms with E-state index in [-0.39, 0.29) is 11.1 Å². The molecule has 0 spiro atoms. The van der Waals surface area contributed by atoms with Gasteiger partial charge in [0.1, 0.15) is 5.75 Å². The van der Waals surface area contributed by atoms with E-state index in [2.05, 4.69) is 22.6 Å². The Balaban J connectivity index is 1.88. The molecular weight excluding hydrogens is 437 g/mol. The topological polar surface area (TPSA) is 46.6 Å². The van der Waals surface area contributed by atoms with Crippen molar-refractivity contribution in [2.45, 2.75) is 6.92 Å². The number of carbonyl (C=O) groups excluding carboxylic acids is 2. The Kier molecular flexibility index (Phi) is 5.25. The largest absolute Gasteiger partial charge is 0.493 e. The van der Waals surface area contributed by atoms with Gasteiger partial charge in [0.05, 0.1) is 20.8 Å². The van der Waals surface area contributed by atoms with Crippen molar-refractivity contribution in [3.05, 3.63) is 62.6 Å². The van der Waals surface area contributed by atoms with E-state index in [1.807, 2.05) is 31.2 Å². The highest BCUT2D eigenvalue weighted by atomic mass is 127. The minimum atomic E-state index is -0.292. The number of hydrogen-bond donors (Lipinski definition) is 0. The second-order valence-corrected chi connectivity index (χ2v) is 7.13. The predicted octanol–water partition coefficient (Wildman–Crippen LogP) is 4.93. The van der Waals surface area contributed by atoms with Gasteiger partial charge in [0.25, 0.3) is 11.1 Å². The van der Waals surface area contributed by atoms with Crippen molar-refractivity contribution in [2.24, 2.45) is 0 Å². The molecule has 0 atom stereocenters. The number of rotatable bonds is 4. The van der Waals surface area contributed by atoms with Gasteiger partial charge >= 0.3 is 0 Å². The number of imide groups is 1. The number of ether oxygens (including phenoxy) is 1. The van der Waals surface area contributed by atoms with Crippen molar-refractivity contribution in [1.82, 2.24) is 0 Å². The van der Waals surface area contributed by atoms with Gasteiger partial charge in [-0.3, -0.25) is 9.59 Å². The van der Waals surface area contributed by atoms with Crippen LogP contribution in [0.4, 0.5) is 10.5 Å². The molecule has 0 unspecified atom stereocenters. The van der Waals surface area contributed by atoms with Gasteiger partial charge in [-0.2, -0.15) is 0 Å². The summed E-state index contributed by atoms with van der Waals surface area (Å²) in [6.07, 6.45) is 1.74. The summed E-state index contributed by atoms with van der Waals surface area (Å²) in [5, 5.41) is -0.280. The summed E-state index contributed by atoms with van der Waals surface area (Å²) >= 11 is 3.15. The van der Waals surface area contributed by atoms with Crippen molar-refractivity contribution in [3.63, 3.8) is 0 Å². The van der Waals surface area contributed by atoms with Crippen LogP contribution in [-0.4, -0.2) is 17.8 Å². The lowest BCUT2D eigenvalue weighted by molar-refractivity contribution is -0.113. The number of halogens is 1. The van der Waals surface area contributed by atoms with E-state index in [1.165, 1.54) is 4.90 Å². The summed E-state index contributed by atoms with van der Waals surface area (Å²) in [5.74, 6) is 0.521. The maximum atomic E-state index is 12.6. The van der Waals surface area contributed by atoms with Crippen molar-refractivity contribution in [1.29, 1.82) is 0 Å². The number of amides is 2. The molecule has 0 aliphatic carbocycles. The predicted molar refractivity (Wildman–Crippen MR) is 105 cm³/mol. The highest BCUT2D eigenvalue weighted by molar-refractivity contribution is 14.1. The van der Waals surface area contributed by atoms with Crippen LogP contribution in [-0.2, 0) is 4.79 Å². The van der Waals surface area contributed by atoms with E-state index >= 15 is 0 Å². The molecule has 1 fully saturated rings. The molecule has 2 aromatic carbocycles. The van der Waals surface area contributed by atoms with Crippen molar-refractivity contribution in [3.8, 4) is 5.75 Å². The summed E-state index contributed by atoms with van der Waals surface area (Å²) in [7, 11) is 0. The Morgan fingerprint density at radius 1 is 1.17 bits per heavy atom. The molecule has 1 heterocycles. The minimum Gasteiger partial charge on any atom is -0.493 e. The maximum Gasteiger partial charge on any atom is 0.298 e. The molecule has 0 radical (unpaired) electrons. The molecule has 1 aliphatic heterocycles. The number of thioether (sulfide) groups is 1. The average Bonchev–Trinajstić information content (AvgIpc) is 2.85. The Morgan fingerprint density at radius 2 is 1.92 bits per heavy atom. The van der Waals surface area contributed by atoms with Crippen LogP contribution in [0.25, 0.3) is 6.08 Å². The van der Waals surface area contributed by atoms with Crippen LogP contribution in [0, 0.1) is 3.57 Å². The van der Waals surface area contributed by atoms with Gasteiger partial charge in [0.2, 0.25) is 0 Å². The average molecular weight is 451 g/mol. The summed E-state index contributed by atoms with van der Waals surface area (Å²) in [5.41, 5.74) is 1.45.